The van der Waals surface area contributed by atoms with Crippen molar-refractivity contribution in [3.63, 3.8) is 0 Å². The van der Waals surface area contributed by atoms with Crippen molar-refractivity contribution in [2.24, 2.45) is 16.8 Å². The van der Waals surface area contributed by atoms with Gasteiger partial charge in [0, 0.05) is 11.1 Å². The molecule has 2 aliphatic rings. The zero-order valence-electron chi connectivity index (χ0n) is 12.0. The zero-order valence-corrected chi connectivity index (χ0v) is 12.0. The van der Waals surface area contributed by atoms with E-state index in [9.17, 15) is 14.7 Å². The molecule has 4 rings (SSSR count). The van der Waals surface area contributed by atoms with E-state index in [1.54, 1.807) is 48.5 Å². The molecular weight excluding hydrogens is 294 g/mol. The lowest BCUT2D eigenvalue weighted by Crippen LogP contribution is -2.49. The Labute approximate surface area is 131 Å². The van der Waals surface area contributed by atoms with Crippen LogP contribution in [0.25, 0.3) is 0 Å². The molecule has 1 heterocycles. The van der Waals surface area contributed by atoms with Crippen molar-refractivity contribution in [2.45, 2.75) is 5.72 Å². The van der Waals surface area contributed by atoms with Gasteiger partial charge in [0.25, 0.3) is 0 Å². The molecule has 0 aromatic heterocycles. The number of amides is 2. The molecule has 0 radical (unpaired) electrons. The van der Waals surface area contributed by atoms with Crippen LogP contribution in [-0.2, 0) is 5.72 Å². The molecule has 0 bridgehead atoms. The topological polar surface area (TPSA) is 96.0 Å². The van der Waals surface area contributed by atoms with Crippen molar-refractivity contribution >= 4 is 17.5 Å². The van der Waals surface area contributed by atoms with Gasteiger partial charge in [0.05, 0.1) is 5.71 Å². The van der Waals surface area contributed by atoms with Crippen molar-refractivity contribution in [1.29, 1.82) is 0 Å². The smallest absolute Gasteiger partial charge is 0.338 e. The van der Waals surface area contributed by atoms with Crippen molar-refractivity contribution < 1.29 is 14.7 Å². The molecule has 0 saturated carbocycles. The SMILES string of the molecule is NC(=O)N1N=C(c2ccccc2)[C@H]2C(=O)c3ccccc3[C@]21O. The summed E-state index contributed by atoms with van der Waals surface area (Å²) in [6.45, 7) is 0. The van der Waals surface area contributed by atoms with Crippen molar-refractivity contribution in [2.75, 3.05) is 0 Å². The summed E-state index contributed by atoms with van der Waals surface area (Å²) in [6.07, 6.45) is 0. The third kappa shape index (κ3) is 1.63. The second kappa shape index (κ2) is 4.50. The quantitative estimate of drug-likeness (QED) is 0.834. The molecule has 2 aromatic rings. The number of fused-ring (bicyclic) bond motifs is 3. The lowest BCUT2D eigenvalue weighted by molar-refractivity contribution is -0.0834. The Bertz CT molecular complexity index is 862. The van der Waals surface area contributed by atoms with E-state index in [1.165, 1.54) is 0 Å². The van der Waals surface area contributed by atoms with E-state index in [0.717, 1.165) is 5.01 Å². The lowest BCUT2D eigenvalue weighted by atomic mass is 9.88. The second-order valence-electron chi connectivity index (χ2n) is 5.57. The fourth-order valence-corrected chi connectivity index (χ4v) is 3.36. The van der Waals surface area contributed by atoms with Gasteiger partial charge in [-0.2, -0.15) is 10.1 Å². The number of carbonyl (C=O) groups is 2. The van der Waals surface area contributed by atoms with Gasteiger partial charge < -0.3 is 10.8 Å². The van der Waals surface area contributed by atoms with Crippen LogP contribution in [0.15, 0.2) is 59.7 Å². The molecule has 23 heavy (non-hydrogen) atoms. The summed E-state index contributed by atoms with van der Waals surface area (Å²) in [5, 5.41) is 16.2. The van der Waals surface area contributed by atoms with Crippen molar-refractivity contribution in [3.05, 3.63) is 71.3 Å². The zero-order chi connectivity index (χ0) is 16.2. The number of rotatable bonds is 1. The molecule has 2 aromatic carbocycles. The maximum atomic E-state index is 12.8. The highest BCUT2D eigenvalue weighted by atomic mass is 16.3. The van der Waals surface area contributed by atoms with Crippen LogP contribution >= 0.6 is 0 Å². The molecule has 114 valence electrons. The minimum Gasteiger partial charge on any atom is -0.364 e. The van der Waals surface area contributed by atoms with Crippen LogP contribution in [0.1, 0.15) is 21.5 Å². The third-order valence-corrected chi connectivity index (χ3v) is 4.34. The van der Waals surface area contributed by atoms with Crippen LogP contribution in [0.5, 0.6) is 0 Å². The predicted molar refractivity (Wildman–Crippen MR) is 82.6 cm³/mol. The van der Waals surface area contributed by atoms with Gasteiger partial charge in [-0.3, -0.25) is 4.79 Å². The van der Waals surface area contributed by atoms with Gasteiger partial charge in [-0.05, 0) is 5.56 Å². The summed E-state index contributed by atoms with van der Waals surface area (Å²) in [7, 11) is 0. The fraction of sp³-hybridized carbons (Fsp3) is 0.118. The van der Waals surface area contributed by atoms with E-state index in [2.05, 4.69) is 5.10 Å². The molecule has 1 aliphatic carbocycles. The Morgan fingerprint density at radius 3 is 2.48 bits per heavy atom. The maximum absolute atomic E-state index is 12.8. The first-order valence-electron chi connectivity index (χ1n) is 7.15. The van der Waals surface area contributed by atoms with Gasteiger partial charge in [-0.25, -0.2) is 4.79 Å². The summed E-state index contributed by atoms with van der Waals surface area (Å²) in [5.41, 5.74) is 5.26. The number of hydrogen-bond donors (Lipinski definition) is 2. The molecule has 2 amide bonds. The number of benzene rings is 2. The number of nitrogens with zero attached hydrogens (tertiary/aromatic N) is 2. The van der Waals surface area contributed by atoms with E-state index in [0.29, 0.717) is 22.4 Å². The highest BCUT2D eigenvalue weighted by Crippen LogP contribution is 2.49. The van der Waals surface area contributed by atoms with Crippen LogP contribution in [0.4, 0.5) is 4.79 Å². The van der Waals surface area contributed by atoms with Crippen LogP contribution in [0, 0.1) is 5.92 Å². The second-order valence-corrected chi connectivity index (χ2v) is 5.57. The van der Waals surface area contributed by atoms with Crippen molar-refractivity contribution in [3.8, 4) is 0 Å². The van der Waals surface area contributed by atoms with Gasteiger partial charge in [0.1, 0.15) is 5.92 Å². The average molecular weight is 307 g/mol. The number of carbonyl (C=O) groups excluding carboxylic acids is 2. The van der Waals surface area contributed by atoms with E-state index in [1.807, 2.05) is 6.07 Å². The number of aliphatic hydroxyl groups is 1. The first-order chi connectivity index (χ1) is 11.0. The summed E-state index contributed by atoms with van der Waals surface area (Å²) >= 11 is 0. The summed E-state index contributed by atoms with van der Waals surface area (Å²) < 4.78 is 0. The normalized spacial score (nSPS) is 25.1. The largest absolute Gasteiger partial charge is 0.364 e. The Morgan fingerprint density at radius 2 is 1.78 bits per heavy atom. The van der Waals surface area contributed by atoms with Crippen LogP contribution in [0.2, 0.25) is 0 Å². The average Bonchev–Trinajstić information content (AvgIpc) is 3.00. The molecule has 0 saturated heterocycles. The minimum absolute atomic E-state index is 0.269. The third-order valence-electron chi connectivity index (χ3n) is 4.34. The number of Topliss-reactive ketones (excluding diaryl/α,β-unsaturated/α-hetero) is 1. The molecule has 1 aliphatic heterocycles. The predicted octanol–water partition coefficient (Wildman–Crippen LogP) is 1.44. The number of primary amides is 1. The summed E-state index contributed by atoms with van der Waals surface area (Å²) in [5.74, 6) is -1.25. The van der Waals surface area contributed by atoms with Gasteiger partial charge in [0.15, 0.2) is 5.78 Å². The molecular formula is C17H13N3O3. The molecule has 2 atom stereocenters. The van der Waals surface area contributed by atoms with Crippen LogP contribution in [0.3, 0.4) is 0 Å². The number of hydrazone groups is 1. The van der Waals surface area contributed by atoms with Crippen LogP contribution < -0.4 is 5.73 Å². The maximum Gasteiger partial charge on any atom is 0.338 e. The molecule has 6 heteroatoms. The molecule has 0 fully saturated rings. The first-order valence-corrected chi connectivity index (χ1v) is 7.15. The Morgan fingerprint density at radius 1 is 1.13 bits per heavy atom. The van der Waals surface area contributed by atoms with Gasteiger partial charge >= 0.3 is 6.03 Å². The van der Waals surface area contributed by atoms with E-state index in [-0.39, 0.29) is 5.78 Å². The van der Waals surface area contributed by atoms with Crippen LogP contribution in [-0.4, -0.2) is 27.6 Å². The van der Waals surface area contributed by atoms with Gasteiger partial charge in [-0.1, -0.05) is 54.6 Å². The standard InChI is InChI=1S/C17H13N3O3/c18-16(22)20-17(23)12-9-5-4-8-11(12)15(21)13(17)14(19-20)10-6-2-1-3-7-10/h1-9,13,23H,(H2,18,22)/t13-,17-/m0/s1. The van der Waals surface area contributed by atoms with E-state index in [4.69, 9.17) is 5.73 Å². The number of urea groups is 1. The lowest BCUT2D eigenvalue weighted by Gasteiger charge is -2.29. The molecule has 0 spiro atoms. The Hall–Kier alpha value is -2.99. The number of nitrogens with two attached hydrogens (primary N) is 1. The monoisotopic (exact) mass is 307 g/mol. The molecule has 3 N–H and O–H groups in total. The van der Waals surface area contributed by atoms with Gasteiger partial charge in [0.2, 0.25) is 5.72 Å². The first kappa shape index (κ1) is 13.7. The number of ketones is 1. The van der Waals surface area contributed by atoms with E-state index >= 15 is 0 Å². The summed E-state index contributed by atoms with van der Waals surface area (Å²) in [6, 6.07) is 14.8. The minimum atomic E-state index is -1.87. The number of hydrogen-bond acceptors (Lipinski definition) is 4. The van der Waals surface area contributed by atoms with E-state index < -0.39 is 17.7 Å². The molecule has 6 nitrogen and oxygen atoms in total. The summed E-state index contributed by atoms with van der Waals surface area (Å²) in [4.78, 5) is 24.6. The van der Waals surface area contributed by atoms with Crippen molar-refractivity contribution in [1.82, 2.24) is 5.01 Å². The Kier molecular flexibility index (Phi) is 2.67. The highest BCUT2D eigenvalue weighted by molar-refractivity contribution is 6.23. The fourth-order valence-electron chi connectivity index (χ4n) is 3.36. The van der Waals surface area contributed by atoms with Gasteiger partial charge in [-0.15, -0.1) is 0 Å². The Balaban J connectivity index is 1.96. The molecule has 0 unspecified atom stereocenters. The highest BCUT2D eigenvalue weighted by Gasteiger charge is 2.62.